The third-order valence-corrected chi connectivity index (χ3v) is 4.06. The van der Waals surface area contributed by atoms with Crippen molar-refractivity contribution in [3.8, 4) is 5.75 Å². The fourth-order valence-electron chi connectivity index (χ4n) is 3.25. The minimum atomic E-state index is 0.104. The van der Waals surface area contributed by atoms with Crippen LogP contribution in [-0.2, 0) is 6.42 Å². The first-order valence-corrected chi connectivity index (χ1v) is 7.38. The molecule has 1 aliphatic rings. The second kappa shape index (κ2) is 5.03. The van der Waals surface area contributed by atoms with Crippen molar-refractivity contribution in [2.24, 2.45) is 0 Å². The molecule has 1 atom stereocenters. The Morgan fingerprint density at radius 3 is 2.43 bits per heavy atom. The van der Waals surface area contributed by atoms with Crippen LogP contribution in [0.25, 0.3) is 0 Å². The molecule has 3 rings (SSSR count). The predicted molar refractivity (Wildman–Crippen MR) is 84.3 cm³/mol. The fourth-order valence-corrected chi connectivity index (χ4v) is 3.25. The van der Waals surface area contributed by atoms with E-state index in [2.05, 4.69) is 26.0 Å². The number of rotatable bonds is 2. The average Bonchev–Trinajstić information content (AvgIpc) is 2.76. The van der Waals surface area contributed by atoms with Gasteiger partial charge in [0.25, 0.3) is 0 Å². The van der Waals surface area contributed by atoms with Crippen LogP contribution in [0.3, 0.4) is 0 Å². The van der Waals surface area contributed by atoms with Gasteiger partial charge in [-0.2, -0.15) is 0 Å². The van der Waals surface area contributed by atoms with Crippen molar-refractivity contribution in [3.05, 3.63) is 63.7 Å². The van der Waals surface area contributed by atoms with Gasteiger partial charge in [0.05, 0.1) is 0 Å². The van der Waals surface area contributed by atoms with E-state index in [1.165, 1.54) is 5.56 Å². The second-order valence-electron chi connectivity index (χ2n) is 6.06. The van der Waals surface area contributed by atoms with Gasteiger partial charge < -0.3 is 4.74 Å². The lowest BCUT2D eigenvalue weighted by atomic mass is 9.92. The first-order chi connectivity index (χ1) is 9.95. The molecule has 0 spiro atoms. The molecule has 0 aromatic heterocycles. The van der Waals surface area contributed by atoms with E-state index in [0.29, 0.717) is 0 Å². The van der Waals surface area contributed by atoms with Crippen LogP contribution in [0.1, 0.15) is 45.1 Å². The summed E-state index contributed by atoms with van der Waals surface area (Å²) >= 11 is 0. The summed E-state index contributed by atoms with van der Waals surface area (Å²) in [5.74, 6) is 1.02. The van der Waals surface area contributed by atoms with E-state index in [9.17, 15) is 4.79 Å². The highest BCUT2D eigenvalue weighted by Crippen LogP contribution is 2.30. The van der Waals surface area contributed by atoms with Crippen LogP contribution in [-0.4, -0.2) is 11.9 Å². The molecule has 0 saturated heterocycles. The molecule has 1 aliphatic heterocycles. The Labute approximate surface area is 125 Å². The van der Waals surface area contributed by atoms with Gasteiger partial charge in [-0.25, -0.2) is 0 Å². The summed E-state index contributed by atoms with van der Waals surface area (Å²) in [6, 6.07) is 9.92. The lowest BCUT2D eigenvalue weighted by Gasteiger charge is -2.11. The van der Waals surface area contributed by atoms with E-state index in [4.69, 9.17) is 4.74 Å². The van der Waals surface area contributed by atoms with Gasteiger partial charge in [-0.15, -0.1) is 0 Å². The lowest BCUT2D eigenvalue weighted by molar-refractivity contribution is 0.103. The Morgan fingerprint density at radius 2 is 1.76 bits per heavy atom. The van der Waals surface area contributed by atoms with Crippen molar-refractivity contribution >= 4 is 5.78 Å². The van der Waals surface area contributed by atoms with Crippen molar-refractivity contribution in [2.75, 3.05) is 0 Å². The second-order valence-corrected chi connectivity index (χ2v) is 6.06. The van der Waals surface area contributed by atoms with Crippen molar-refractivity contribution in [1.29, 1.82) is 0 Å². The van der Waals surface area contributed by atoms with Crippen LogP contribution in [0.4, 0.5) is 0 Å². The zero-order chi connectivity index (χ0) is 15.1. The maximum atomic E-state index is 12.8. The van der Waals surface area contributed by atoms with Gasteiger partial charge in [-0.3, -0.25) is 4.79 Å². The van der Waals surface area contributed by atoms with Gasteiger partial charge in [-0.05, 0) is 62.6 Å². The summed E-state index contributed by atoms with van der Waals surface area (Å²) in [7, 11) is 0. The lowest BCUT2D eigenvalue weighted by Crippen LogP contribution is -2.07. The highest BCUT2D eigenvalue weighted by molar-refractivity contribution is 6.11. The quantitative estimate of drug-likeness (QED) is 0.772. The van der Waals surface area contributed by atoms with Gasteiger partial charge >= 0.3 is 0 Å². The molecule has 2 aromatic rings. The maximum Gasteiger partial charge on any atom is 0.193 e. The number of ketones is 1. The summed E-state index contributed by atoms with van der Waals surface area (Å²) in [4.78, 5) is 12.8. The van der Waals surface area contributed by atoms with Gasteiger partial charge in [0.2, 0.25) is 0 Å². The largest absolute Gasteiger partial charge is 0.490 e. The zero-order valence-corrected chi connectivity index (χ0v) is 13.0. The molecule has 0 saturated carbocycles. The number of carbonyl (C=O) groups excluding carboxylic acids is 1. The highest BCUT2D eigenvalue weighted by atomic mass is 16.5. The van der Waals surface area contributed by atoms with Gasteiger partial charge in [0, 0.05) is 17.5 Å². The standard InChI is InChI=1S/C19H20O2/c1-11-7-12(2)18(13(3)8-11)19(20)15-5-6-17-16(10-15)9-14(4)21-17/h5-8,10,14H,9H2,1-4H3. The third-order valence-electron chi connectivity index (χ3n) is 4.06. The average molecular weight is 280 g/mol. The van der Waals surface area contributed by atoms with Crippen molar-refractivity contribution in [3.63, 3.8) is 0 Å². The number of aryl methyl sites for hydroxylation is 3. The molecular weight excluding hydrogens is 260 g/mol. The van der Waals surface area contributed by atoms with Gasteiger partial charge in [0.15, 0.2) is 5.78 Å². The molecule has 1 unspecified atom stereocenters. The monoisotopic (exact) mass is 280 g/mol. The molecule has 1 heterocycles. The normalized spacial score (nSPS) is 16.5. The predicted octanol–water partition coefficient (Wildman–Crippen LogP) is 4.17. The molecule has 108 valence electrons. The molecule has 2 aromatic carbocycles. The van der Waals surface area contributed by atoms with Crippen LogP contribution < -0.4 is 4.74 Å². The number of hydrogen-bond donors (Lipinski definition) is 0. The summed E-state index contributed by atoms with van der Waals surface area (Å²) in [5, 5.41) is 0. The molecule has 2 heteroatoms. The fraction of sp³-hybridized carbons (Fsp3) is 0.316. The Balaban J connectivity index is 2.02. The number of carbonyl (C=O) groups is 1. The first kappa shape index (κ1) is 13.9. The summed E-state index contributed by atoms with van der Waals surface area (Å²) in [6.45, 7) is 8.12. The number of fused-ring (bicyclic) bond motifs is 1. The van der Waals surface area contributed by atoms with Crippen molar-refractivity contribution < 1.29 is 9.53 Å². The minimum Gasteiger partial charge on any atom is -0.490 e. The molecule has 2 nitrogen and oxygen atoms in total. The number of benzene rings is 2. The summed E-state index contributed by atoms with van der Waals surface area (Å²) < 4.78 is 5.70. The van der Waals surface area contributed by atoms with E-state index in [-0.39, 0.29) is 11.9 Å². The SMILES string of the molecule is Cc1cc(C)c(C(=O)c2ccc3c(c2)CC(C)O3)c(C)c1. The van der Waals surface area contributed by atoms with Crippen LogP contribution in [0.5, 0.6) is 5.75 Å². The first-order valence-electron chi connectivity index (χ1n) is 7.38. The van der Waals surface area contributed by atoms with Crippen LogP contribution in [0.15, 0.2) is 30.3 Å². The van der Waals surface area contributed by atoms with Crippen molar-refractivity contribution in [1.82, 2.24) is 0 Å². The zero-order valence-electron chi connectivity index (χ0n) is 13.0. The van der Waals surface area contributed by atoms with E-state index in [1.54, 1.807) is 0 Å². The smallest absolute Gasteiger partial charge is 0.193 e. The molecule has 0 fully saturated rings. The van der Waals surface area contributed by atoms with E-state index in [1.807, 2.05) is 32.0 Å². The molecule has 0 bridgehead atoms. The van der Waals surface area contributed by atoms with Gasteiger partial charge in [-0.1, -0.05) is 17.7 Å². The van der Waals surface area contributed by atoms with Gasteiger partial charge in [0.1, 0.15) is 11.9 Å². The molecule has 0 radical (unpaired) electrons. The Hall–Kier alpha value is -2.09. The van der Waals surface area contributed by atoms with E-state index >= 15 is 0 Å². The molecule has 0 N–H and O–H groups in total. The van der Waals surface area contributed by atoms with Crippen molar-refractivity contribution in [2.45, 2.75) is 40.2 Å². The summed E-state index contributed by atoms with van der Waals surface area (Å²) in [6.07, 6.45) is 1.08. The van der Waals surface area contributed by atoms with Crippen LogP contribution >= 0.6 is 0 Å². The van der Waals surface area contributed by atoms with Crippen LogP contribution in [0.2, 0.25) is 0 Å². The number of hydrogen-bond acceptors (Lipinski definition) is 2. The summed E-state index contributed by atoms with van der Waals surface area (Å²) in [5.41, 5.74) is 5.99. The minimum absolute atomic E-state index is 0.104. The Morgan fingerprint density at radius 1 is 1.10 bits per heavy atom. The highest BCUT2D eigenvalue weighted by Gasteiger charge is 2.22. The van der Waals surface area contributed by atoms with E-state index in [0.717, 1.165) is 40.0 Å². The Kier molecular flexibility index (Phi) is 3.32. The molecule has 0 aliphatic carbocycles. The van der Waals surface area contributed by atoms with Crippen LogP contribution in [0, 0.1) is 20.8 Å². The molecule has 0 amide bonds. The number of ether oxygens (including phenoxy) is 1. The Bertz CT molecular complexity index is 705. The molecular formula is C19H20O2. The maximum absolute atomic E-state index is 12.8. The third kappa shape index (κ3) is 2.46. The van der Waals surface area contributed by atoms with E-state index < -0.39 is 0 Å². The molecule has 21 heavy (non-hydrogen) atoms. The topological polar surface area (TPSA) is 26.3 Å².